The lowest BCUT2D eigenvalue weighted by atomic mass is 9.72. The van der Waals surface area contributed by atoms with Gasteiger partial charge >= 0.3 is 24.7 Å². The number of rotatable bonds is 14. The van der Waals surface area contributed by atoms with E-state index in [-0.39, 0.29) is 34.0 Å². The van der Waals surface area contributed by atoms with E-state index in [1.807, 2.05) is 59.4 Å². The molecule has 0 aliphatic heterocycles. The summed E-state index contributed by atoms with van der Waals surface area (Å²) in [6, 6.07) is 88.2. The molecule has 1 saturated carbocycles. The van der Waals surface area contributed by atoms with Crippen molar-refractivity contribution in [1.29, 1.82) is 10.5 Å². The van der Waals surface area contributed by atoms with E-state index in [1.54, 1.807) is 77.5 Å². The number of aryl methyl sites for hydroxylation is 11. The van der Waals surface area contributed by atoms with Crippen LogP contribution in [0.5, 0.6) is 0 Å². The minimum atomic E-state index is -5.17. The molecule has 2 atom stereocenters. The summed E-state index contributed by atoms with van der Waals surface area (Å²) in [7, 11) is 0. The van der Waals surface area contributed by atoms with Crippen LogP contribution in [0, 0.1) is 111 Å². The second-order valence-electron chi connectivity index (χ2n) is 39.4. The number of pyridine rings is 2. The first-order valence-corrected chi connectivity index (χ1v) is 47.9. The fourth-order valence-electron chi connectivity index (χ4n) is 24.0. The first-order chi connectivity index (χ1) is 68.8. The van der Waals surface area contributed by atoms with E-state index in [1.165, 1.54) is 62.8 Å². The van der Waals surface area contributed by atoms with E-state index < -0.39 is 72.8 Å². The normalized spacial score (nSPS) is 14.5. The predicted octanol–water partition coefficient (Wildman–Crippen LogP) is 34.9. The van der Waals surface area contributed by atoms with E-state index in [0.29, 0.717) is 84.5 Å². The molecule has 0 saturated heterocycles. The van der Waals surface area contributed by atoms with Crippen LogP contribution in [0.15, 0.2) is 292 Å². The second kappa shape index (κ2) is 34.7. The van der Waals surface area contributed by atoms with Gasteiger partial charge in [-0.2, -0.15) is 63.2 Å². The van der Waals surface area contributed by atoms with Gasteiger partial charge in [0, 0.05) is 59.8 Å². The van der Waals surface area contributed by atoms with Gasteiger partial charge in [0.1, 0.15) is 0 Å². The van der Waals surface area contributed by atoms with Gasteiger partial charge in [0.2, 0.25) is 0 Å². The minimum absolute atomic E-state index is 0.000387. The monoisotopic (exact) mass is 1920 g/mol. The molecule has 21 aromatic rings. The maximum atomic E-state index is 15.1. The van der Waals surface area contributed by atoms with Gasteiger partial charge in [0.25, 0.3) is 0 Å². The van der Waals surface area contributed by atoms with Gasteiger partial charge in [0.05, 0.1) is 138 Å². The summed E-state index contributed by atoms with van der Waals surface area (Å²) < 4.78 is 187. The summed E-state index contributed by atoms with van der Waals surface area (Å²) in [6.45, 7) is 23.6. The lowest BCUT2D eigenvalue weighted by molar-refractivity contribution is -0.224. The third-order valence-electron chi connectivity index (χ3n) is 29.6. The SMILES string of the molecule is Cc1cc(C)c(-c2ccc3c(c2)c2cc(-c4c(C)cc(C)cc4C)ccc2n3-c2cncc(-n3c4ccc(-c5c(C)cc(C)cc5C)cc4c4cc(-c5c(C)cc(Cc6ccc7c(c6)c6ccc(C8CC(C(F)(F)F)CC(C(F)(F)F)C8)cc6n7-c6cncc(-n7c8ccccc8c8ccc(-c9cc(C(F)(F)F)cc(C(F)(F)F)c9)cc87)c6-c6ccccc6C#N)cc5C)ccc43)c2-c2cccc(C#N)c2)c(C)c1. The first-order valence-electron chi connectivity index (χ1n) is 47.9. The van der Waals surface area contributed by atoms with Gasteiger partial charge in [-0.15, -0.1) is 0 Å². The van der Waals surface area contributed by atoms with E-state index >= 15 is 26.3 Å². The topological polar surface area (TPSA) is 93.1 Å². The second-order valence-corrected chi connectivity index (χ2v) is 39.4. The van der Waals surface area contributed by atoms with Gasteiger partial charge in [-0.3, -0.25) is 9.97 Å². The van der Waals surface area contributed by atoms with E-state index in [9.17, 15) is 36.9 Å². The number of nitrogens with zero attached hydrogens (tertiary/aromatic N) is 8. The smallest absolute Gasteiger partial charge is 0.307 e. The Bertz CT molecular complexity index is 8840. The molecule has 0 amide bonds. The van der Waals surface area contributed by atoms with Crippen LogP contribution in [-0.2, 0) is 18.8 Å². The molecule has 22 rings (SSSR count). The van der Waals surface area contributed by atoms with Gasteiger partial charge in [-0.1, -0.05) is 168 Å². The average Bonchev–Trinajstić information content (AvgIpc) is 1.56. The largest absolute Gasteiger partial charge is 0.416 e. The number of fused-ring (bicyclic) bond motifs is 12. The van der Waals surface area contributed by atoms with Crippen LogP contribution in [0.1, 0.15) is 125 Å². The van der Waals surface area contributed by atoms with Crippen LogP contribution < -0.4 is 0 Å². The molecule has 1 fully saturated rings. The molecule has 144 heavy (non-hydrogen) atoms. The maximum Gasteiger partial charge on any atom is 0.416 e. The third-order valence-corrected chi connectivity index (χ3v) is 29.6. The highest BCUT2D eigenvalue weighted by Gasteiger charge is 2.52. The highest BCUT2D eigenvalue weighted by molar-refractivity contribution is 6.17. The molecule has 2 unspecified atom stereocenters. The first kappa shape index (κ1) is 92.9. The summed E-state index contributed by atoms with van der Waals surface area (Å²) in [6.07, 6.45) is -15.2. The number of benzene rings is 15. The van der Waals surface area contributed by atoms with Crippen LogP contribution in [0.3, 0.4) is 0 Å². The third kappa shape index (κ3) is 16.0. The fourth-order valence-corrected chi connectivity index (χ4v) is 24.0. The van der Waals surface area contributed by atoms with Crippen molar-refractivity contribution in [3.05, 3.63) is 392 Å². The Labute approximate surface area is 822 Å². The lowest BCUT2D eigenvalue weighted by Crippen LogP contribution is -2.37. The zero-order valence-corrected chi connectivity index (χ0v) is 80.4. The Morgan fingerprint density at radius 3 is 1.11 bits per heavy atom. The molecule has 8 nitrogen and oxygen atoms in total. The van der Waals surface area contributed by atoms with Gasteiger partial charge < -0.3 is 18.3 Å². The molecule has 6 heterocycles. The highest BCUT2D eigenvalue weighted by Crippen LogP contribution is 2.55. The van der Waals surface area contributed by atoms with Crippen LogP contribution in [0.2, 0.25) is 0 Å². The molecule has 0 bridgehead atoms. The minimum Gasteiger partial charge on any atom is -0.307 e. The number of nitriles is 2. The Balaban J connectivity index is 0.707. The summed E-state index contributed by atoms with van der Waals surface area (Å²) in [4.78, 5) is 10.2. The number of halogens is 12. The molecule has 0 N–H and O–H groups in total. The van der Waals surface area contributed by atoms with E-state index in [0.717, 1.165) is 138 Å². The zero-order chi connectivity index (χ0) is 101. The Morgan fingerprint density at radius 1 is 0.285 bits per heavy atom. The molecule has 20 heteroatoms. The predicted molar refractivity (Wildman–Crippen MR) is 554 cm³/mol. The van der Waals surface area contributed by atoms with E-state index in [2.05, 4.69) is 225 Å². The summed E-state index contributed by atoms with van der Waals surface area (Å²) in [5.74, 6) is -5.76. The van der Waals surface area contributed by atoms with E-state index in [4.69, 9.17) is 9.97 Å². The van der Waals surface area contributed by atoms with Gasteiger partial charge in [-0.25, -0.2) is 0 Å². The molecule has 6 aromatic heterocycles. The number of aromatic nitrogens is 6. The van der Waals surface area contributed by atoms with Crippen molar-refractivity contribution in [2.24, 2.45) is 11.8 Å². The number of hydrogen-bond donors (Lipinski definition) is 0. The number of para-hydroxylation sites is 1. The molecule has 1 aliphatic carbocycles. The van der Waals surface area contributed by atoms with Crippen molar-refractivity contribution >= 4 is 87.2 Å². The van der Waals surface area contributed by atoms with Crippen molar-refractivity contribution in [2.45, 2.75) is 132 Å². The lowest BCUT2D eigenvalue weighted by Gasteiger charge is -2.37. The Hall–Kier alpha value is -16.1. The number of hydrogen-bond acceptors (Lipinski definition) is 4. The molecule has 15 aromatic carbocycles. The fraction of sp³-hybridized carbons (Fsp3) is 0.177. The van der Waals surface area contributed by atoms with Crippen molar-refractivity contribution in [2.75, 3.05) is 0 Å². The highest BCUT2D eigenvalue weighted by atomic mass is 19.4. The molecule has 1 aliphatic rings. The molecule has 712 valence electrons. The van der Waals surface area contributed by atoms with Crippen molar-refractivity contribution in [3.8, 4) is 113 Å². The van der Waals surface area contributed by atoms with Gasteiger partial charge in [-0.05, 0) is 345 Å². The summed E-state index contributed by atoms with van der Waals surface area (Å²) in [5.41, 5.74) is 30.6. The van der Waals surface area contributed by atoms with Crippen molar-refractivity contribution in [1.82, 2.24) is 28.2 Å². The van der Waals surface area contributed by atoms with Crippen LogP contribution in [0.4, 0.5) is 52.7 Å². The molecular formula is C124H92F12N8. The van der Waals surface area contributed by atoms with Gasteiger partial charge in [0.15, 0.2) is 0 Å². The summed E-state index contributed by atoms with van der Waals surface area (Å²) >= 11 is 0. The van der Waals surface area contributed by atoms with Crippen LogP contribution >= 0.6 is 0 Å². The quantitative estimate of drug-likeness (QED) is 0.101. The van der Waals surface area contributed by atoms with Crippen LogP contribution in [-0.4, -0.2) is 40.6 Å². The van der Waals surface area contributed by atoms with Crippen molar-refractivity contribution < 1.29 is 52.7 Å². The standard InChI is InChI=1S/C124H92F12N8/c1-66-37-69(4)115(70(5)38-66)83-26-33-105-99(52-83)100-53-84(116-71(6)39-67(2)40-72(116)7)27-34-106(100)141(105)111-62-139-63-112(119(111)82-19-16-17-78(46-82)60-137)142-107-35-28-85(117-73(8)41-68(3)42-74(117)9)54-101(107)102-55-86(29-36-108(102)142)118-75(10)43-79(44-76(118)11)45-77-23-32-104-98(47-77)97-31-25-81(89-50-92(123(131,132)133)59-93(51-89)124(134,135)136)57-110(97)144(104)114-65-140-64-113(120(114)94-20-13-12-18-87(94)61-138)143-103-22-15-14-21-95(103)96-30-24-80(56-109(96)143)88-48-90(121(125,126)127)58-91(49-88)122(128,129)130/h12-44,46-49,52-58,62-65,89,92-93H,45,50-51,59H2,1-11H3. The maximum absolute atomic E-state index is 15.1. The Morgan fingerprint density at radius 2 is 0.660 bits per heavy atom. The molecular weight excluding hydrogens is 1830 g/mol. The number of alkyl halides is 12. The average molecular weight is 1920 g/mol. The molecule has 0 radical (unpaired) electrons. The zero-order valence-electron chi connectivity index (χ0n) is 80.4. The van der Waals surface area contributed by atoms with Crippen molar-refractivity contribution in [3.63, 3.8) is 0 Å². The van der Waals surface area contributed by atoms with Crippen LogP contribution in [0.25, 0.3) is 188 Å². The summed E-state index contributed by atoms with van der Waals surface area (Å²) in [5, 5.41) is 28.5. The molecule has 0 spiro atoms. The Kier molecular flexibility index (Phi) is 22.4.